The summed E-state index contributed by atoms with van der Waals surface area (Å²) in [5.74, 6) is -5.96. The SMILES string of the molecule is CC1(C)COC(c2ccc(C(=O)C3C(=O)c4cccc(N)c4C3=O)cc2)OC1.CC1(C)COC(c2ccc(C(=O)C3C(=O)c4cccc(NC(=O)NN5CCOCC5)c4C3=O)cc2)OC1.O=C(NN1CCOCC1)Oc1ccc([N+](=O)[O-])cc1. The number of non-ortho nitro benzene ring substituents is 1. The number of benzene rings is 5. The largest absolute Gasteiger partial charge is 0.427 e. The van der Waals surface area contributed by atoms with Crippen molar-refractivity contribution in [3.8, 4) is 5.75 Å². The van der Waals surface area contributed by atoms with Crippen molar-refractivity contribution in [3.05, 3.63) is 164 Å². The molecule has 2 aliphatic carbocycles. The molecule has 0 bridgehead atoms. The maximum atomic E-state index is 13.3. The van der Waals surface area contributed by atoms with E-state index in [1.54, 1.807) is 76.7 Å². The number of nitrogen functional groups attached to an aromatic ring is 1. The van der Waals surface area contributed by atoms with E-state index >= 15 is 0 Å². The Balaban J connectivity index is 0.000000159. The second-order valence-corrected chi connectivity index (χ2v) is 22.0. The number of hydrazine groups is 2. The van der Waals surface area contributed by atoms with Gasteiger partial charge in [-0.15, -0.1) is 0 Å². The molecule has 440 valence electrons. The average Bonchev–Trinajstić information content (AvgIpc) is 1.96. The Labute approximate surface area is 482 Å². The molecule has 84 heavy (non-hydrogen) atoms. The number of carbonyl (C=O) groups is 8. The van der Waals surface area contributed by atoms with Crippen molar-refractivity contribution < 1.29 is 76.4 Å². The predicted octanol–water partition coefficient (Wildman–Crippen LogP) is 7.15. The first-order valence-corrected chi connectivity index (χ1v) is 27.1. The third kappa shape index (κ3) is 14.1. The number of morpholine rings is 2. The fourth-order valence-electron chi connectivity index (χ4n) is 9.74. The molecule has 0 saturated carbocycles. The molecule has 0 spiro atoms. The van der Waals surface area contributed by atoms with E-state index in [-0.39, 0.29) is 67.0 Å². The molecular weight excluding hydrogens is 1090 g/mol. The quantitative estimate of drug-likeness (QED) is 0.0335. The molecule has 4 fully saturated rings. The van der Waals surface area contributed by atoms with Crippen LogP contribution in [0, 0.1) is 32.8 Å². The Morgan fingerprint density at radius 2 is 1.00 bits per heavy atom. The number of Topliss-reactive ketones (excluding diaryl/α,β-unsaturated/α-hetero) is 6. The van der Waals surface area contributed by atoms with E-state index in [1.807, 2.05) is 0 Å². The molecule has 24 heteroatoms. The summed E-state index contributed by atoms with van der Waals surface area (Å²) in [4.78, 5) is 112. The number of nitro benzene ring substituents is 1. The number of nitro groups is 1. The van der Waals surface area contributed by atoms with Crippen molar-refractivity contribution in [3.63, 3.8) is 0 Å². The first kappa shape index (κ1) is 60.1. The molecule has 4 aliphatic heterocycles. The lowest BCUT2D eigenvalue weighted by Crippen LogP contribution is -2.49. The topological polar surface area (TPSA) is 313 Å². The lowest BCUT2D eigenvalue weighted by molar-refractivity contribution is -0.384. The van der Waals surface area contributed by atoms with Gasteiger partial charge in [-0.1, -0.05) is 100 Å². The number of hydrogen-bond donors (Lipinski definition) is 4. The molecule has 5 aromatic carbocycles. The van der Waals surface area contributed by atoms with Crippen molar-refractivity contribution in [2.24, 2.45) is 22.7 Å². The van der Waals surface area contributed by atoms with Crippen LogP contribution in [-0.4, -0.2) is 141 Å². The number of anilines is 2. The number of amides is 3. The summed E-state index contributed by atoms with van der Waals surface area (Å²) in [6.45, 7) is 14.8. The van der Waals surface area contributed by atoms with Crippen molar-refractivity contribution >= 4 is 63.9 Å². The zero-order valence-corrected chi connectivity index (χ0v) is 46.5. The molecule has 6 aliphatic rings. The summed E-state index contributed by atoms with van der Waals surface area (Å²) < 4.78 is 38.4. The number of hydrogen-bond acceptors (Lipinski definition) is 20. The van der Waals surface area contributed by atoms with Gasteiger partial charge in [0.1, 0.15) is 17.6 Å². The van der Waals surface area contributed by atoms with Crippen LogP contribution in [0.4, 0.5) is 26.7 Å². The van der Waals surface area contributed by atoms with Crippen LogP contribution in [0.15, 0.2) is 109 Å². The summed E-state index contributed by atoms with van der Waals surface area (Å²) in [5.41, 5.74) is 13.9. The number of rotatable bonds is 11. The molecule has 2 atom stereocenters. The smallest absolute Gasteiger partial charge is 0.409 e. The van der Waals surface area contributed by atoms with E-state index in [0.717, 1.165) is 11.1 Å². The highest BCUT2D eigenvalue weighted by Gasteiger charge is 2.46. The zero-order chi connectivity index (χ0) is 59.9. The lowest BCUT2D eigenvalue weighted by Gasteiger charge is -2.34. The number of fused-ring (bicyclic) bond motifs is 2. The fourth-order valence-corrected chi connectivity index (χ4v) is 9.74. The van der Waals surface area contributed by atoms with Crippen LogP contribution in [0.2, 0.25) is 0 Å². The highest BCUT2D eigenvalue weighted by Crippen LogP contribution is 2.37. The molecule has 5 aromatic rings. The Bertz CT molecular complexity index is 3320. The number of ether oxygens (including phenoxy) is 7. The summed E-state index contributed by atoms with van der Waals surface area (Å²) in [6.07, 6.45) is -1.65. The molecule has 0 aromatic heterocycles. The second-order valence-electron chi connectivity index (χ2n) is 22.0. The number of carbonyl (C=O) groups excluding carboxylic acids is 8. The number of nitrogens with zero attached hydrogens (tertiary/aromatic N) is 3. The van der Waals surface area contributed by atoms with Gasteiger partial charge in [0.05, 0.1) is 74.6 Å². The van der Waals surface area contributed by atoms with E-state index in [0.29, 0.717) is 79.0 Å². The molecule has 3 amide bonds. The molecule has 2 unspecified atom stereocenters. The van der Waals surface area contributed by atoms with Gasteiger partial charge in [-0.2, -0.15) is 0 Å². The number of nitrogens with two attached hydrogens (primary N) is 1. The van der Waals surface area contributed by atoms with Crippen molar-refractivity contribution in [1.29, 1.82) is 0 Å². The van der Waals surface area contributed by atoms with E-state index < -0.39 is 76.2 Å². The first-order valence-electron chi connectivity index (χ1n) is 27.1. The van der Waals surface area contributed by atoms with Gasteiger partial charge in [0.2, 0.25) is 0 Å². The molecule has 4 saturated heterocycles. The van der Waals surface area contributed by atoms with Gasteiger partial charge >= 0.3 is 12.1 Å². The highest BCUT2D eigenvalue weighted by molar-refractivity contribution is 6.40. The fraction of sp³-hybridized carbons (Fsp3) is 0.367. The van der Waals surface area contributed by atoms with E-state index in [1.165, 1.54) is 42.5 Å². The monoisotopic (exact) mass is 1150 g/mol. The minimum Gasteiger partial charge on any atom is -0.409 e. The molecular formula is C60H63N7O17. The van der Waals surface area contributed by atoms with E-state index in [9.17, 15) is 48.5 Å². The standard InChI is InChI=1S/C27H29N3O7.C22H21NO5.C11H13N3O5/c1-27(2)14-36-25(37-15-27)17-8-6-16(7-9-17)22(31)21-23(32)18-4-3-5-19(20(18)24(21)33)28-26(34)29-30-10-12-35-13-11-30;1-22(2)10-27-21(28-11-22)13-8-6-12(7-9-13)18(24)17-19(25)14-4-3-5-15(23)16(14)20(17)26;15-11(12-13-5-7-18-8-6-13)19-10-3-1-9(2-4-10)14(16)17/h3-9,21,25H,10-15H2,1-2H3,(H2,28,29,34);3-9,17,21H,10-11,23H2,1-2H3;1-4H,5-8H2,(H,12,15). The van der Waals surface area contributed by atoms with Gasteiger partial charge in [-0.3, -0.25) is 49.7 Å². The summed E-state index contributed by atoms with van der Waals surface area (Å²) in [6, 6.07) is 27.2. The molecule has 0 radical (unpaired) electrons. The Morgan fingerprint density at radius 3 is 1.45 bits per heavy atom. The van der Waals surface area contributed by atoms with Crippen LogP contribution < -0.4 is 26.6 Å². The van der Waals surface area contributed by atoms with Crippen LogP contribution in [0.3, 0.4) is 0 Å². The number of urea groups is 1. The number of nitrogens with one attached hydrogen (secondary N) is 3. The molecule has 11 rings (SSSR count). The third-order valence-electron chi connectivity index (χ3n) is 14.2. The molecule has 5 N–H and O–H groups in total. The van der Waals surface area contributed by atoms with Crippen molar-refractivity contribution in [2.45, 2.75) is 40.3 Å². The minimum atomic E-state index is -1.49. The van der Waals surface area contributed by atoms with Crippen molar-refractivity contribution in [2.75, 3.05) is 90.1 Å². The Morgan fingerprint density at radius 1 is 0.571 bits per heavy atom. The van der Waals surface area contributed by atoms with Crippen LogP contribution in [0.25, 0.3) is 0 Å². The summed E-state index contributed by atoms with van der Waals surface area (Å²) >= 11 is 0. The first-order chi connectivity index (χ1) is 40.2. The van der Waals surface area contributed by atoms with Gasteiger partial charge in [0.15, 0.2) is 47.3 Å². The molecule has 24 nitrogen and oxygen atoms in total. The minimum absolute atomic E-state index is 0.0353. The van der Waals surface area contributed by atoms with Gasteiger partial charge in [-0.05, 0) is 24.3 Å². The van der Waals surface area contributed by atoms with Gasteiger partial charge in [-0.25, -0.2) is 19.6 Å². The maximum absolute atomic E-state index is 13.3. The summed E-state index contributed by atoms with van der Waals surface area (Å²) in [5, 5.41) is 16.5. The van der Waals surface area contributed by atoms with E-state index in [4.69, 9.17) is 38.9 Å². The van der Waals surface area contributed by atoms with Crippen LogP contribution in [0.1, 0.15) is 114 Å². The normalized spacial score (nSPS) is 20.4. The van der Waals surface area contributed by atoms with Crippen molar-refractivity contribution in [1.82, 2.24) is 20.9 Å². The van der Waals surface area contributed by atoms with Gasteiger partial charge in [0.25, 0.3) is 5.69 Å². The van der Waals surface area contributed by atoms with Crippen LogP contribution >= 0.6 is 0 Å². The zero-order valence-electron chi connectivity index (χ0n) is 46.5. The second kappa shape index (κ2) is 26.0. The number of ketones is 6. The van der Waals surface area contributed by atoms with Gasteiger partial charge in [0, 0.05) is 88.2 Å². The lowest BCUT2D eigenvalue weighted by atomic mass is 9.92. The van der Waals surface area contributed by atoms with Gasteiger partial charge < -0.3 is 44.2 Å². The highest BCUT2D eigenvalue weighted by atomic mass is 16.7. The molecule has 4 heterocycles. The summed E-state index contributed by atoms with van der Waals surface area (Å²) in [7, 11) is 0. The van der Waals surface area contributed by atoms with E-state index in [2.05, 4.69) is 43.9 Å². The van der Waals surface area contributed by atoms with Crippen LogP contribution in [0.5, 0.6) is 5.75 Å². The average molecular weight is 1150 g/mol. The predicted molar refractivity (Wildman–Crippen MR) is 299 cm³/mol. The third-order valence-corrected chi connectivity index (χ3v) is 14.2. The van der Waals surface area contributed by atoms with Crippen LogP contribution in [-0.2, 0) is 28.4 Å². The maximum Gasteiger partial charge on any atom is 0.427 e. The Hall–Kier alpha value is -8.46. The Kier molecular flexibility index (Phi) is 18.6.